The van der Waals surface area contributed by atoms with E-state index >= 15 is 0 Å². The molecule has 16 heavy (non-hydrogen) atoms. The van der Waals surface area contributed by atoms with Crippen molar-refractivity contribution in [2.75, 3.05) is 0 Å². The van der Waals surface area contributed by atoms with Gasteiger partial charge in [-0.2, -0.15) is 0 Å². The van der Waals surface area contributed by atoms with Crippen LogP contribution in [0.2, 0.25) is 0 Å². The molecule has 0 radical (unpaired) electrons. The first-order chi connectivity index (χ1) is 7.75. The zero-order valence-electron chi connectivity index (χ0n) is 8.74. The fourth-order valence-corrected chi connectivity index (χ4v) is 2.30. The molecular weight excluding hydrogens is 267 g/mol. The highest BCUT2D eigenvalue weighted by Gasteiger charge is 2.08. The Morgan fingerprint density at radius 1 is 1.00 bits per heavy atom. The molecule has 2 rings (SSSR count). The number of hydrogen-bond donors (Lipinski definition) is 0. The molecule has 82 valence electrons. The Morgan fingerprint density at radius 3 is 2.44 bits per heavy atom. The Balaban J connectivity index is 2.12. The first-order valence-corrected chi connectivity index (χ1v) is 6.11. The Labute approximate surface area is 103 Å². The molecule has 0 N–H and O–H groups in total. The Hall–Kier alpha value is -1.15. The van der Waals surface area contributed by atoms with Gasteiger partial charge in [0, 0.05) is 4.83 Å². The molecule has 0 amide bonds. The van der Waals surface area contributed by atoms with Crippen LogP contribution < -0.4 is 0 Å². The molecule has 1 atom stereocenters. The smallest absolute Gasteiger partial charge is 0.123 e. The van der Waals surface area contributed by atoms with Crippen molar-refractivity contribution in [3.8, 4) is 0 Å². The van der Waals surface area contributed by atoms with Gasteiger partial charge in [0.1, 0.15) is 5.82 Å². The summed E-state index contributed by atoms with van der Waals surface area (Å²) in [6.07, 6.45) is 0.865. The number of hydrogen-bond acceptors (Lipinski definition) is 0. The number of alkyl halides is 1. The highest BCUT2D eigenvalue weighted by Crippen LogP contribution is 2.27. The first-order valence-electron chi connectivity index (χ1n) is 5.19. The zero-order valence-corrected chi connectivity index (χ0v) is 10.3. The van der Waals surface area contributed by atoms with E-state index < -0.39 is 0 Å². The highest BCUT2D eigenvalue weighted by atomic mass is 79.9. The number of benzene rings is 2. The van der Waals surface area contributed by atoms with Gasteiger partial charge in [-0.25, -0.2) is 4.39 Å². The van der Waals surface area contributed by atoms with Gasteiger partial charge in [-0.05, 0) is 29.7 Å². The third-order valence-corrected chi connectivity index (χ3v) is 3.32. The predicted molar refractivity (Wildman–Crippen MR) is 68.2 cm³/mol. The van der Waals surface area contributed by atoms with Gasteiger partial charge >= 0.3 is 0 Å². The lowest BCUT2D eigenvalue weighted by atomic mass is 10.0. The average Bonchev–Trinajstić information content (AvgIpc) is 2.30. The lowest BCUT2D eigenvalue weighted by Crippen LogP contribution is -1.95. The van der Waals surface area contributed by atoms with Gasteiger partial charge in [0.05, 0.1) is 0 Å². The summed E-state index contributed by atoms with van der Waals surface area (Å²) < 4.78 is 13.0. The van der Waals surface area contributed by atoms with Gasteiger partial charge in [0.2, 0.25) is 0 Å². The van der Waals surface area contributed by atoms with Crippen molar-refractivity contribution in [3.05, 3.63) is 71.5 Å². The molecule has 0 aromatic heterocycles. The monoisotopic (exact) mass is 278 g/mol. The Morgan fingerprint density at radius 2 is 1.75 bits per heavy atom. The molecule has 0 aliphatic rings. The molecular formula is C14H12BrF. The second-order valence-electron chi connectivity index (χ2n) is 3.71. The van der Waals surface area contributed by atoms with Crippen molar-refractivity contribution in [2.24, 2.45) is 0 Å². The third-order valence-electron chi connectivity index (χ3n) is 2.47. The average molecular weight is 279 g/mol. The topological polar surface area (TPSA) is 0 Å². The fraction of sp³-hybridized carbons (Fsp3) is 0.143. The van der Waals surface area contributed by atoms with Crippen molar-refractivity contribution < 1.29 is 4.39 Å². The summed E-state index contributed by atoms with van der Waals surface area (Å²) >= 11 is 3.59. The highest BCUT2D eigenvalue weighted by molar-refractivity contribution is 9.09. The maximum Gasteiger partial charge on any atom is 0.123 e. The van der Waals surface area contributed by atoms with Crippen LogP contribution in [0.3, 0.4) is 0 Å². The van der Waals surface area contributed by atoms with Crippen LogP contribution in [0.15, 0.2) is 54.6 Å². The van der Waals surface area contributed by atoms with Crippen LogP contribution in [0, 0.1) is 5.82 Å². The summed E-state index contributed by atoms with van der Waals surface area (Å²) in [5, 5.41) is 0. The van der Waals surface area contributed by atoms with Crippen LogP contribution in [-0.2, 0) is 6.42 Å². The molecule has 0 fully saturated rings. The molecule has 0 aliphatic heterocycles. The molecule has 0 heterocycles. The van der Waals surface area contributed by atoms with E-state index in [4.69, 9.17) is 0 Å². The number of halogens is 2. The summed E-state index contributed by atoms with van der Waals surface area (Å²) in [5.74, 6) is -0.185. The number of rotatable bonds is 3. The van der Waals surface area contributed by atoms with E-state index in [0.29, 0.717) is 0 Å². The molecule has 2 aromatic carbocycles. The molecule has 2 heteroatoms. The quantitative estimate of drug-likeness (QED) is 0.725. The fourth-order valence-electron chi connectivity index (χ4n) is 1.64. The van der Waals surface area contributed by atoms with Gasteiger partial charge in [0.15, 0.2) is 0 Å². The van der Waals surface area contributed by atoms with Crippen LogP contribution >= 0.6 is 15.9 Å². The van der Waals surface area contributed by atoms with Crippen LogP contribution in [0.4, 0.5) is 4.39 Å². The maximum absolute atomic E-state index is 13.0. The molecule has 2 aromatic rings. The lowest BCUT2D eigenvalue weighted by molar-refractivity contribution is 0.625. The van der Waals surface area contributed by atoms with Crippen molar-refractivity contribution in [3.63, 3.8) is 0 Å². The first kappa shape index (κ1) is 11.3. The van der Waals surface area contributed by atoms with Gasteiger partial charge in [-0.15, -0.1) is 0 Å². The van der Waals surface area contributed by atoms with Gasteiger partial charge < -0.3 is 0 Å². The Bertz CT molecular complexity index is 453. The summed E-state index contributed by atoms with van der Waals surface area (Å²) in [4.78, 5) is 0.158. The van der Waals surface area contributed by atoms with E-state index in [-0.39, 0.29) is 10.6 Å². The summed E-state index contributed by atoms with van der Waals surface area (Å²) in [5.41, 5.74) is 2.22. The molecule has 0 nitrogen and oxygen atoms in total. The van der Waals surface area contributed by atoms with Gasteiger partial charge in [-0.3, -0.25) is 0 Å². The van der Waals surface area contributed by atoms with E-state index in [9.17, 15) is 4.39 Å². The van der Waals surface area contributed by atoms with Gasteiger partial charge in [-0.1, -0.05) is 58.4 Å². The van der Waals surface area contributed by atoms with Crippen LogP contribution in [0.25, 0.3) is 0 Å². The Kier molecular flexibility index (Phi) is 3.73. The van der Waals surface area contributed by atoms with E-state index in [1.54, 1.807) is 12.1 Å². The summed E-state index contributed by atoms with van der Waals surface area (Å²) in [7, 11) is 0. The normalized spacial score (nSPS) is 12.4. The minimum atomic E-state index is -0.185. The van der Waals surface area contributed by atoms with E-state index in [0.717, 1.165) is 12.0 Å². The van der Waals surface area contributed by atoms with Crippen LogP contribution in [0.5, 0.6) is 0 Å². The SMILES string of the molecule is Fc1cccc(C(Br)Cc2ccccc2)c1. The third kappa shape index (κ3) is 2.92. The molecule has 0 aliphatic carbocycles. The molecule has 0 spiro atoms. The van der Waals surface area contributed by atoms with Crippen LogP contribution in [-0.4, -0.2) is 0 Å². The van der Waals surface area contributed by atoms with Crippen molar-refractivity contribution in [1.82, 2.24) is 0 Å². The minimum Gasteiger partial charge on any atom is -0.207 e. The largest absolute Gasteiger partial charge is 0.207 e. The summed E-state index contributed by atoms with van der Waals surface area (Å²) in [6, 6.07) is 16.9. The van der Waals surface area contributed by atoms with Crippen molar-refractivity contribution in [1.29, 1.82) is 0 Å². The molecule has 0 saturated heterocycles. The van der Waals surface area contributed by atoms with Crippen molar-refractivity contribution >= 4 is 15.9 Å². The van der Waals surface area contributed by atoms with E-state index in [1.807, 2.05) is 24.3 Å². The summed E-state index contributed by atoms with van der Waals surface area (Å²) in [6.45, 7) is 0. The molecule has 0 bridgehead atoms. The van der Waals surface area contributed by atoms with Crippen molar-refractivity contribution in [2.45, 2.75) is 11.2 Å². The van der Waals surface area contributed by atoms with E-state index in [1.165, 1.54) is 11.6 Å². The zero-order chi connectivity index (χ0) is 11.4. The predicted octanol–water partition coefficient (Wildman–Crippen LogP) is 4.50. The molecule has 1 unspecified atom stereocenters. The lowest BCUT2D eigenvalue weighted by Gasteiger charge is -2.10. The maximum atomic E-state index is 13.0. The molecule has 0 saturated carbocycles. The van der Waals surface area contributed by atoms with Crippen LogP contribution in [0.1, 0.15) is 16.0 Å². The van der Waals surface area contributed by atoms with E-state index in [2.05, 4.69) is 28.1 Å². The second kappa shape index (κ2) is 5.26. The van der Waals surface area contributed by atoms with Gasteiger partial charge in [0.25, 0.3) is 0 Å². The standard InChI is InChI=1S/C14H12BrF/c15-14(9-11-5-2-1-3-6-11)12-7-4-8-13(16)10-12/h1-8,10,14H,9H2. The second-order valence-corrected chi connectivity index (χ2v) is 4.82. The minimum absolute atomic E-state index is 0.158.